The zero-order valence-corrected chi connectivity index (χ0v) is 18.2. The first-order valence-corrected chi connectivity index (χ1v) is 11.2. The Morgan fingerprint density at radius 2 is 1.90 bits per heavy atom. The van der Waals surface area contributed by atoms with Crippen LogP contribution in [0.3, 0.4) is 0 Å². The highest BCUT2D eigenvalue weighted by Crippen LogP contribution is 2.27. The van der Waals surface area contributed by atoms with Gasteiger partial charge in [-0.2, -0.15) is 0 Å². The monoisotopic (exact) mass is 400 g/mol. The first-order valence-electron chi connectivity index (χ1n) is 11.2. The average molecular weight is 401 g/mol. The molecule has 1 N–H and O–H groups in total. The molecule has 1 aliphatic rings. The smallest absolute Gasteiger partial charge is 0.0931 e. The van der Waals surface area contributed by atoms with Crippen LogP contribution in [0.2, 0.25) is 0 Å². The van der Waals surface area contributed by atoms with Crippen LogP contribution in [0.25, 0.3) is 10.9 Å². The Kier molecular flexibility index (Phi) is 6.77. The third-order valence-electron chi connectivity index (χ3n) is 6.16. The number of rotatable bonds is 6. The second-order valence-corrected chi connectivity index (χ2v) is 8.24. The Morgan fingerprint density at radius 3 is 2.67 bits per heavy atom. The van der Waals surface area contributed by atoms with Gasteiger partial charge in [0, 0.05) is 36.3 Å². The fourth-order valence-corrected chi connectivity index (χ4v) is 4.36. The van der Waals surface area contributed by atoms with E-state index >= 15 is 0 Å². The molecular formula is C27H32N2O. The van der Waals surface area contributed by atoms with Gasteiger partial charge < -0.3 is 14.6 Å². The second-order valence-electron chi connectivity index (χ2n) is 8.24. The lowest BCUT2D eigenvalue weighted by molar-refractivity contribution is 0.0640. The van der Waals surface area contributed by atoms with E-state index in [4.69, 9.17) is 4.74 Å². The van der Waals surface area contributed by atoms with Gasteiger partial charge in [0.25, 0.3) is 0 Å². The molecule has 1 saturated heterocycles. The lowest BCUT2D eigenvalue weighted by atomic mass is 9.92. The number of fused-ring (bicyclic) bond motifs is 1. The summed E-state index contributed by atoms with van der Waals surface area (Å²) in [5.74, 6) is 7.51. The summed E-state index contributed by atoms with van der Waals surface area (Å²) < 4.78 is 7.85. The Labute approximate surface area is 180 Å². The molecule has 30 heavy (non-hydrogen) atoms. The van der Waals surface area contributed by atoms with Crippen LogP contribution >= 0.6 is 0 Å². The highest BCUT2D eigenvalue weighted by molar-refractivity contribution is 5.86. The molecule has 3 aromatic rings. The van der Waals surface area contributed by atoms with E-state index in [-0.39, 0.29) is 0 Å². The maximum atomic E-state index is 5.51. The molecule has 0 amide bonds. The summed E-state index contributed by atoms with van der Waals surface area (Å²) in [4.78, 5) is 0. The van der Waals surface area contributed by atoms with Crippen molar-refractivity contribution >= 4 is 16.6 Å². The summed E-state index contributed by atoms with van der Waals surface area (Å²) in [5.41, 5.74) is 6.24. The third kappa shape index (κ3) is 4.89. The third-order valence-corrected chi connectivity index (χ3v) is 6.16. The van der Waals surface area contributed by atoms with Crippen molar-refractivity contribution in [2.24, 2.45) is 5.92 Å². The molecule has 0 bridgehead atoms. The van der Waals surface area contributed by atoms with E-state index in [0.717, 1.165) is 43.5 Å². The van der Waals surface area contributed by atoms with Gasteiger partial charge in [-0.1, -0.05) is 35.7 Å². The maximum absolute atomic E-state index is 5.51. The van der Waals surface area contributed by atoms with Crippen molar-refractivity contribution in [2.45, 2.75) is 46.1 Å². The minimum Gasteiger partial charge on any atom is -0.381 e. The Balaban J connectivity index is 1.48. The number of nitrogens with zero attached hydrogens (tertiary/aromatic N) is 1. The van der Waals surface area contributed by atoms with Crippen molar-refractivity contribution in [3.63, 3.8) is 0 Å². The van der Waals surface area contributed by atoms with Crippen molar-refractivity contribution in [1.29, 1.82) is 0 Å². The zero-order chi connectivity index (χ0) is 20.8. The van der Waals surface area contributed by atoms with Crippen LogP contribution in [-0.2, 0) is 17.7 Å². The lowest BCUT2D eigenvalue weighted by Crippen LogP contribution is -2.16. The van der Waals surface area contributed by atoms with E-state index in [1.54, 1.807) is 0 Å². The minimum atomic E-state index is 0.644. The Bertz CT molecular complexity index is 1030. The number of hydrogen-bond acceptors (Lipinski definition) is 2. The molecule has 0 spiro atoms. The first-order chi connectivity index (χ1) is 14.7. The van der Waals surface area contributed by atoms with Crippen molar-refractivity contribution in [2.75, 3.05) is 25.1 Å². The fraction of sp³-hybridized carbons (Fsp3) is 0.407. The van der Waals surface area contributed by atoms with Gasteiger partial charge in [0.15, 0.2) is 0 Å². The number of aryl methyl sites for hydroxylation is 3. The lowest BCUT2D eigenvalue weighted by Gasteiger charge is -2.21. The van der Waals surface area contributed by atoms with E-state index in [1.807, 2.05) is 0 Å². The highest BCUT2D eigenvalue weighted by atomic mass is 16.5. The topological polar surface area (TPSA) is 26.2 Å². The normalized spacial score (nSPS) is 14.5. The molecule has 1 aromatic heterocycles. The molecular weight excluding hydrogens is 368 g/mol. The summed E-state index contributed by atoms with van der Waals surface area (Å²) in [6.07, 6.45) is 4.80. The maximum Gasteiger partial charge on any atom is 0.0931 e. The van der Waals surface area contributed by atoms with E-state index in [2.05, 4.69) is 84.1 Å². The summed E-state index contributed by atoms with van der Waals surface area (Å²) in [5, 5.41) is 4.75. The van der Waals surface area contributed by atoms with Crippen LogP contribution < -0.4 is 5.32 Å². The van der Waals surface area contributed by atoms with Gasteiger partial charge in [0.2, 0.25) is 0 Å². The van der Waals surface area contributed by atoms with Crippen LogP contribution in [0, 0.1) is 24.7 Å². The zero-order valence-electron chi connectivity index (χ0n) is 18.2. The van der Waals surface area contributed by atoms with Crippen molar-refractivity contribution < 1.29 is 4.74 Å². The summed E-state index contributed by atoms with van der Waals surface area (Å²) in [7, 11) is 0. The predicted octanol–water partition coefficient (Wildman–Crippen LogP) is 5.79. The largest absolute Gasteiger partial charge is 0.381 e. The number of ether oxygens (including phenoxy) is 1. The van der Waals surface area contributed by atoms with E-state index < -0.39 is 0 Å². The van der Waals surface area contributed by atoms with Crippen molar-refractivity contribution in [3.05, 3.63) is 65.4 Å². The molecule has 3 heteroatoms. The Hall–Kier alpha value is -2.70. The van der Waals surface area contributed by atoms with Crippen LogP contribution in [0.4, 0.5) is 5.69 Å². The van der Waals surface area contributed by atoms with E-state index in [0.29, 0.717) is 6.54 Å². The molecule has 0 atom stereocenters. The molecule has 2 aromatic carbocycles. The summed E-state index contributed by atoms with van der Waals surface area (Å²) in [6.45, 7) is 7.73. The van der Waals surface area contributed by atoms with Crippen LogP contribution in [0.1, 0.15) is 43.0 Å². The minimum absolute atomic E-state index is 0.644. The number of anilines is 1. The molecule has 0 aliphatic carbocycles. The van der Waals surface area contributed by atoms with Gasteiger partial charge >= 0.3 is 0 Å². The van der Waals surface area contributed by atoms with Crippen LogP contribution in [0.15, 0.2) is 48.5 Å². The van der Waals surface area contributed by atoms with Gasteiger partial charge in [-0.25, -0.2) is 0 Å². The SMILES string of the molecule is CCn1c(C#CCNc2ccc(C)cc2)cc2c(CCC3CCOCC3)cccc21. The second kappa shape index (κ2) is 9.87. The molecule has 1 fully saturated rings. The van der Waals surface area contributed by atoms with Gasteiger partial charge in [-0.3, -0.25) is 0 Å². The van der Waals surface area contributed by atoms with E-state index in [1.165, 1.54) is 41.3 Å². The molecule has 156 valence electrons. The molecule has 4 rings (SSSR count). The van der Waals surface area contributed by atoms with Gasteiger partial charge in [-0.05, 0) is 81.2 Å². The van der Waals surface area contributed by atoms with Crippen LogP contribution in [0.5, 0.6) is 0 Å². The highest BCUT2D eigenvalue weighted by Gasteiger charge is 2.15. The Morgan fingerprint density at radius 1 is 1.10 bits per heavy atom. The summed E-state index contributed by atoms with van der Waals surface area (Å²) in [6, 6.07) is 17.4. The van der Waals surface area contributed by atoms with Gasteiger partial charge in [0.05, 0.1) is 12.2 Å². The van der Waals surface area contributed by atoms with Gasteiger partial charge in [0.1, 0.15) is 0 Å². The molecule has 1 aliphatic heterocycles. The number of aromatic nitrogens is 1. The number of nitrogens with one attached hydrogen (secondary N) is 1. The molecule has 2 heterocycles. The number of hydrogen-bond donors (Lipinski definition) is 1. The van der Waals surface area contributed by atoms with Crippen molar-refractivity contribution in [1.82, 2.24) is 4.57 Å². The quantitative estimate of drug-likeness (QED) is 0.530. The average Bonchev–Trinajstić information content (AvgIpc) is 3.15. The van der Waals surface area contributed by atoms with Crippen LogP contribution in [-0.4, -0.2) is 24.3 Å². The first kappa shape index (κ1) is 20.6. The van der Waals surface area contributed by atoms with Crippen molar-refractivity contribution in [3.8, 4) is 11.8 Å². The summed E-state index contributed by atoms with van der Waals surface area (Å²) >= 11 is 0. The number of benzene rings is 2. The molecule has 0 unspecified atom stereocenters. The van der Waals surface area contributed by atoms with Gasteiger partial charge in [-0.15, -0.1) is 0 Å². The molecule has 0 saturated carbocycles. The van der Waals surface area contributed by atoms with E-state index in [9.17, 15) is 0 Å². The standard InChI is InChI=1S/C27H32N2O/c1-3-29-25(7-5-17-28-24-13-9-21(2)10-14-24)20-26-23(6-4-8-27(26)29)12-11-22-15-18-30-19-16-22/h4,6,8-10,13-14,20,22,28H,3,11-12,15-19H2,1-2H3. The molecule has 3 nitrogen and oxygen atoms in total. The fourth-order valence-electron chi connectivity index (χ4n) is 4.36. The predicted molar refractivity (Wildman–Crippen MR) is 126 cm³/mol. The molecule has 0 radical (unpaired) electrons.